The van der Waals surface area contributed by atoms with Gasteiger partial charge in [-0.3, -0.25) is 4.79 Å². The average Bonchev–Trinajstić information content (AvgIpc) is 3.10. The summed E-state index contributed by atoms with van der Waals surface area (Å²) in [6.45, 7) is 3.35. The molecule has 1 aromatic carbocycles. The van der Waals surface area contributed by atoms with E-state index < -0.39 is 4.33 Å². The Bertz CT molecular complexity index is 809. The lowest BCUT2D eigenvalue weighted by Crippen LogP contribution is -2.47. The molecule has 0 radical (unpaired) electrons. The fraction of sp³-hybridized carbons (Fsp3) is 0.312. The highest BCUT2D eigenvalue weighted by Gasteiger charge is 2.55. The van der Waals surface area contributed by atoms with Crippen LogP contribution in [0.1, 0.15) is 13.8 Å². The van der Waals surface area contributed by atoms with Gasteiger partial charge in [-0.05, 0) is 43.0 Å². The van der Waals surface area contributed by atoms with Crippen molar-refractivity contribution in [1.82, 2.24) is 4.90 Å². The van der Waals surface area contributed by atoms with E-state index >= 15 is 0 Å². The number of carbonyl (C=O) groups is 2. The van der Waals surface area contributed by atoms with E-state index in [9.17, 15) is 9.59 Å². The molecule has 2 aliphatic heterocycles. The molecule has 2 aliphatic rings. The van der Waals surface area contributed by atoms with Crippen molar-refractivity contribution in [3.63, 3.8) is 0 Å². The predicted molar refractivity (Wildman–Crippen MR) is 105 cm³/mol. The molecule has 25 heavy (non-hydrogen) atoms. The minimum Gasteiger partial charge on any atom is -0.465 e. The van der Waals surface area contributed by atoms with Crippen molar-refractivity contribution in [2.24, 2.45) is 5.10 Å². The largest absolute Gasteiger partial charge is 0.465 e. The highest BCUT2D eigenvalue weighted by atomic mass is 79.9. The topological polar surface area (TPSA) is 62.2 Å². The first-order valence-electron chi connectivity index (χ1n) is 7.36. The van der Waals surface area contributed by atoms with Crippen LogP contribution in [0.3, 0.4) is 0 Å². The van der Waals surface area contributed by atoms with Crippen LogP contribution in [-0.4, -0.2) is 40.2 Å². The van der Waals surface area contributed by atoms with Crippen molar-refractivity contribution in [2.75, 3.05) is 19.2 Å². The number of carbonyl (C=O) groups excluding carboxylic acids is 2. The number of hydrazone groups is 1. The summed E-state index contributed by atoms with van der Waals surface area (Å²) in [5.41, 5.74) is 1.61. The first kappa shape index (κ1) is 18.3. The molecule has 132 valence electrons. The van der Waals surface area contributed by atoms with Gasteiger partial charge in [0.2, 0.25) is 4.33 Å². The Morgan fingerprint density at radius 3 is 2.44 bits per heavy atom. The molecule has 0 aromatic heterocycles. The average molecular weight is 442 g/mol. The van der Waals surface area contributed by atoms with Gasteiger partial charge in [0.25, 0.3) is 0 Å². The molecule has 3 rings (SSSR count). The SMILES string of the molecule is COC(=O)C1=C(C)N(C)C2(SC(C(C)=O)=NN2c2ccc(Br)cc2)S1. The summed E-state index contributed by atoms with van der Waals surface area (Å²) in [5.74, 6) is -0.499. The van der Waals surface area contributed by atoms with Crippen LogP contribution in [0.2, 0.25) is 0 Å². The number of thioether (sulfide) groups is 2. The Balaban J connectivity index is 2.07. The van der Waals surface area contributed by atoms with E-state index in [0.29, 0.717) is 9.95 Å². The van der Waals surface area contributed by atoms with Crippen molar-refractivity contribution in [2.45, 2.75) is 18.2 Å². The summed E-state index contributed by atoms with van der Waals surface area (Å²) in [5, 5.41) is 6.72. The highest BCUT2D eigenvalue weighted by Crippen LogP contribution is 2.58. The molecule has 9 heteroatoms. The monoisotopic (exact) mass is 441 g/mol. The van der Waals surface area contributed by atoms with Gasteiger partial charge in [0.05, 0.1) is 12.8 Å². The fourth-order valence-corrected chi connectivity index (χ4v) is 5.65. The fourth-order valence-electron chi connectivity index (χ4n) is 2.49. The molecule has 1 atom stereocenters. The minimum absolute atomic E-state index is 0.109. The van der Waals surface area contributed by atoms with Crippen molar-refractivity contribution in [3.8, 4) is 0 Å². The van der Waals surface area contributed by atoms with E-state index in [1.165, 1.54) is 37.6 Å². The lowest BCUT2D eigenvalue weighted by Gasteiger charge is -2.39. The maximum atomic E-state index is 12.1. The Hall–Kier alpha value is -1.45. The van der Waals surface area contributed by atoms with Gasteiger partial charge in [0.15, 0.2) is 10.8 Å². The third kappa shape index (κ3) is 2.98. The molecule has 0 amide bonds. The van der Waals surface area contributed by atoms with Gasteiger partial charge < -0.3 is 9.64 Å². The molecule has 1 unspecified atom stereocenters. The maximum Gasteiger partial charge on any atom is 0.346 e. The molecule has 0 saturated heterocycles. The third-order valence-electron chi connectivity index (χ3n) is 3.92. The van der Waals surface area contributed by atoms with Gasteiger partial charge in [-0.15, -0.1) is 0 Å². The van der Waals surface area contributed by atoms with Crippen molar-refractivity contribution >= 4 is 61.9 Å². The van der Waals surface area contributed by atoms with Gasteiger partial charge in [-0.25, -0.2) is 9.80 Å². The second-order valence-electron chi connectivity index (χ2n) is 5.47. The molecule has 2 heterocycles. The van der Waals surface area contributed by atoms with Crippen molar-refractivity contribution < 1.29 is 14.3 Å². The summed E-state index contributed by atoms with van der Waals surface area (Å²) in [6, 6.07) is 7.66. The zero-order valence-electron chi connectivity index (χ0n) is 14.1. The van der Waals surface area contributed by atoms with Gasteiger partial charge in [0.1, 0.15) is 4.91 Å². The van der Waals surface area contributed by atoms with Gasteiger partial charge >= 0.3 is 5.97 Å². The number of methoxy groups -OCH3 is 1. The number of ether oxygens (including phenoxy) is 1. The number of ketones is 1. The normalized spacial score (nSPS) is 22.7. The molecule has 0 fully saturated rings. The first-order valence-corrected chi connectivity index (χ1v) is 9.79. The second-order valence-corrected chi connectivity index (χ2v) is 8.98. The maximum absolute atomic E-state index is 12.1. The predicted octanol–water partition coefficient (Wildman–Crippen LogP) is 3.60. The third-order valence-corrected chi connectivity index (χ3v) is 7.60. The number of esters is 1. The van der Waals surface area contributed by atoms with Crippen LogP contribution < -0.4 is 5.01 Å². The van der Waals surface area contributed by atoms with E-state index in [4.69, 9.17) is 4.74 Å². The van der Waals surface area contributed by atoms with Crippen LogP contribution in [0.15, 0.2) is 44.4 Å². The standard InChI is InChI=1S/C16H16BrN3O3S2/c1-9-13(15(22)23-4)24-16(19(9)3)20(18-14(25-16)10(2)21)12-7-5-11(17)6-8-12/h5-8H,1-4H3. The van der Waals surface area contributed by atoms with E-state index in [1.807, 2.05) is 43.1 Å². The number of benzene rings is 1. The quantitative estimate of drug-likeness (QED) is 0.663. The number of rotatable bonds is 3. The number of anilines is 1. The Kier molecular flexibility index (Phi) is 4.91. The molecule has 0 bridgehead atoms. The zero-order chi connectivity index (χ0) is 18.4. The number of nitrogens with zero attached hydrogens (tertiary/aromatic N) is 3. The number of hydrogen-bond donors (Lipinski definition) is 0. The van der Waals surface area contributed by atoms with E-state index in [1.54, 1.807) is 5.01 Å². The molecular weight excluding hydrogens is 426 g/mol. The Morgan fingerprint density at radius 1 is 1.24 bits per heavy atom. The van der Waals surface area contributed by atoms with Gasteiger partial charge in [-0.2, -0.15) is 5.10 Å². The lowest BCUT2D eigenvalue weighted by atomic mass is 10.3. The van der Waals surface area contributed by atoms with E-state index in [2.05, 4.69) is 21.0 Å². The summed E-state index contributed by atoms with van der Waals surface area (Å²) in [4.78, 5) is 26.6. The second kappa shape index (κ2) is 6.69. The number of allylic oxidation sites excluding steroid dienone is 1. The summed E-state index contributed by atoms with van der Waals surface area (Å²) in [6.07, 6.45) is 0. The van der Waals surface area contributed by atoms with Crippen LogP contribution in [0.25, 0.3) is 0 Å². The molecule has 0 saturated carbocycles. The molecule has 1 spiro atoms. The number of Topliss-reactive ketones (excluding diaryl/α,β-unsaturated/α-hetero) is 1. The first-order chi connectivity index (χ1) is 11.8. The van der Waals surface area contributed by atoms with Crippen LogP contribution in [0.4, 0.5) is 5.69 Å². The molecule has 0 N–H and O–H groups in total. The summed E-state index contributed by atoms with van der Waals surface area (Å²) < 4.78 is 5.08. The zero-order valence-corrected chi connectivity index (χ0v) is 17.3. The molecule has 0 aliphatic carbocycles. The van der Waals surface area contributed by atoms with E-state index in [0.717, 1.165) is 15.9 Å². The van der Waals surface area contributed by atoms with Crippen LogP contribution >= 0.6 is 39.5 Å². The summed E-state index contributed by atoms with van der Waals surface area (Å²) in [7, 11) is 3.25. The Labute approximate surface area is 162 Å². The Morgan fingerprint density at radius 2 is 1.88 bits per heavy atom. The van der Waals surface area contributed by atoms with Crippen LogP contribution in [0.5, 0.6) is 0 Å². The number of halogens is 1. The lowest BCUT2D eigenvalue weighted by molar-refractivity contribution is -0.135. The number of hydrogen-bond acceptors (Lipinski definition) is 8. The van der Waals surface area contributed by atoms with Crippen LogP contribution in [-0.2, 0) is 14.3 Å². The smallest absolute Gasteiger partial charge is 0.346 e. The van der Waals surface area contributed by atoms with Crippen molar-refractivity contribution in [1.29, 1.82) is 0 Å². The van der Waals surface area contributed by atoms with Crippen LogP contribution in [0, 0.1) is 0 Å². The molecule has 6 nitrogen and oxygen atoms in total. The van der Waals surface area contributed by atoms with Crippen molar-refractivity contribution in [3.05, 3.63) is 39.3 Å². The van der Waals surface area contributed by atoms with Gasteiger partial charge in [0, 0.05) is 24.1 Å². The highest BCUT2D eigenvalue weighted by molar-refractivity contribution is 9.10. The van der Waals surface area contributed by atoms with E-state index in [-0.39, 0.29) is 11.8 Å². The molecular formula is C16H16BrN3O3S2. The molecule has 1 aromatic rings. The summed E-state index contributed by atoms with van der Waals surface area (Å²) >= 11 is 6.10. The minimum atomic E-state index is -0.775. The van der Waals surface area contributed by atoms with Gasteiger partial charge in [-0.1, -0.05) is 27.7 Å².